The third kappa shape index (κ3) is 3.58. The molecule has 112 valence electrons. The van der Waals surface area contributed by atoms with E-state index >= 15 is 0 Å². The third-order valence-electron chi connectivity index (χ3n) is 4.14. The van der Waals surface area contributed by atoms with Crippen LogP contribution in [-0.4, -0.2) is 18.3 Å². The van der Waals surface area contributed by atoms with E-state index in [4.69, 9.17) is 21.1 Å². The molecule has 0 aliphatic heterocycles. The molecule has 0 unspecified atom stereocenters. The fourth-order valence-electron chi connectivity index (χ4n) is 2.85. The summed E-state index contributed by atoms with van der Waals surface area (Å²) in [5, 5.41) is 10.0. The van der Waals surface area contributed by atoms with E-state index in [-0.39, 0.29) is 12.7 Å². The zero-order chi connectivity index (χ0) is 14.5. The van der Waals surface area contributed by atoms with Gasteiger partial charge in [-0.15, -0.1) is 0 Å². The van der Waals surface area contributed by atoms with Crippen LogP contribution < -0.4 is 9.47 Å². The van der Waals surface area contributed by atoms with Crippen molar-refractivity contribution in [2.75, 3.05) is 7.11 Å². The van der Waals surface area contributed by atoms with Gasteiger partial charge in [-0.2, -0.15) is 0 Å². The molecule has 3 nitrogen and oxygen atoms in total. The molecule has 1 aromatic rings. The van der Waals surface area contributed by atoms with E-state index in [1.165, 1.54) is 19.3 Å². The summed E-state index contributed by atoms with van der Waals surface area (Å²) in [5.41, 5.74) is 0.687. The van der Waals surface area contributed by atoms with Crippen LogP contribution in [0.25, 0.3) is 0 Å². The van der Waals surface area contributed by atoms with Crippen LogP contribution in [0.1, 0.15) is 44.6 Å². The number of benzene rings is 1. The molecule has 1 aromatic carbocycles. The highest BCUT2D eigenvalue weighted by atomic mass is 35.5. The van der Waals surface area contributed by atoms with Crippen molar-refractivity contribution in [1.29, 1.82) is 0 Å². The molecule has 2 rings (SSSR count). The number of hydrogen-bond acceptors (Lipinski definition) is 3. The van der Waals surface area contributed by atoms with Gasteiger partial charge in [-0.25, -0.2) is 0 Å². The van der Waals surface area contributed by atoms with Gasteiger partial charge in [0.25, 0.3) is 0 Å². The maximum absolute atomic E-state index is 9.48. The Morgan fingerprint density at radius 1 is 1.25 bits per heavy atom. The second-order valence-electron chi connectivity index (χ2n) is 5.42. The second-order valence-corrected chi connectivity index (χ2v) is 5.86. The lowest BCUT2D eigenvalue weighted by Gasteiger charge is -2.29. The highest BCUT2D eigenvalue weighted by Gasteiger charge is 2.23. The SMILES string of the molecule is CCC1CCC(Oc2c(CO)cc(Cl)cc2OC)CC1. The number of aliphatic hydroxyl groups is 1. The van der Waals surface area contributed by atoms with Gasteiger partial charge in [-0.1, -0.05) is 24.9 Å². The summed E-state index contributed by atoms with van der Waals surface area (Å²) in [5.74, 6) is 2.07. The molecule has 0 spiro atoms. The zero-order valence-electron chi connectivity index (χ0n) is 12.2. The minimum atomic E-state index is -0.101. The molecule has 0 amide bonds. The quantitative estimate of drug-likeness (QED) is 0.886. The fraction of sp³-hybridized carbons (Fsp3) is 0.625. The minimum Gasteiger partial charge on any atom is -0.493 e. The fourth-order valence-corrected chi connectivity index (χ4v) is 3.08. The molecule has 1 N–H and O–H groups in total. The van der Waals surface area contributed by atoms with Crippen LogP contribution in [0.15, 0.2) is 12.1 Å². The summed E-state index contributed by atoms with van der Waals surface area (Å²) in [6.07, 6.45) is 6.01. The maximum atomic E-state index is 9.48. The molecule has 20 heavy (non-hydrogen) atoms. The first-order chi connectivity index (χ1) is 9.67. The molecule has 1 aliphatic rings. The smallest absolute Gasteiger partial charge is 0.167 e. The Morgan fingerprint density at radius 2 is 1.95 bits per heavy atom. The van der Waals surface area contributed by atoms with Crippen LogP contribution >= 0.6 is 11.6 Å². The van der Waals surface area contributed by atoms with E-state index in [9.17, 15) is 5.11 Å². The standard InChI is InChI=1S/C16H23ClO3/c1-3-11-4-6-14(7-5-11)20-16-12(10-18)8-13(17)9-15(16)19-2/h8-9,11,14,18H,3-7,10H2,1-2H3. The summed E-state index contributed by atoms with van der Waals surface area (Å²) in [6, 6.07) is 3.46. The maximum Gasteiger partial charge on any atom is 0.167 e. The van der Waals surface area contributed by atoms with E-state index in [0.717, 1.165) is 18.8 Å². The van der Waals surface area contributed by atoms with Crippen molar-refractivity contribution in [2.45, 2.75) is 51.7 Å². The lowest BCUT2D eigenvalue weighted by Crippen LogP contribution is -2.24. The number of methoxy groups -OCH3 is 1. The van der Waals surface area contributed by atoms with Gasteiger partial charge in [0, 0.05) is 16.7 Å². The highest BCUT2D eigenvalue weighted by molar-refractivity contribution is 6.30. The zero-order valence-corrected chi connectivity index (χ0v) is 12.9. The average Bonchev–Trinajstić information content (AvgIpc) is 2.49. The molecule has 0 saturated heterocycles. The predicted octanol–water partition coefficient (Wildman–Crippen LogP) is 4.19. The molecule has 4 heteroatoms. The number of hydrogen-bond donors (Lipinski definition) is 1. The van der Waals surface area contributed by atoms with Crippen molar-refractivity contribution in [3.63, 3.8) is 0 Å². The lowest BCUT2D eigenvalue weighted by molar-refractivity contribution is 0.122. The summed E-state index contributed by atoms with van der Waals surface area (Å²) in [7, 11) is 1.59. The number of ether oxygens (including phenoxy) is 2. The van der Waals surface area contributed by atoms with E-state index in [0.29, 0.717) is 22.1 Å². The van der Waals surface area contributed by atoms with Crippen molar-refractivity contribution >= 4 is 11.6 Å². The molecule has 0 atom stereocenters. The molecule has 0 aromatic heterocycles. The lowest BCUT2D eigenvalue weighted by atomic mass is 9.86. The molecular formula is C16H23ClO3. The van der Waals surface area contributed by atoms with Crippen LogP contribution in [0.3, 0.4) is 0 Å². The molecule has 1 fully saturated rings. The number of halogens is 1. The Morgan fingerprint density at radius 3 is 2.50 bits per heavy atom. The summed E-state index contributed by atoms with van der Waals surface area (Å²) in [6.45, 7) is 2.15. The largest absolute Gasteiger partial charge is 0.493 e. The van der Waals surface area contributed by atoms with Gasteiger partial charge in [0.1, 0.15) is 0 Å². The molecule has 0 heterocycles. The van der Waals surface area contributed by atoms with Gasteiger partial charge in [0.05, 0.1) is 19.8 Å². The van der Waals surface area contributed by atoms with Gasteiger partial charge in [-0.3, -0.25) is 0 Å². The summed E-state index contributed by atoms with van der Waals surface area (Å²) >= 11 is 6.01. The van der Waals surface area contributed by atoms with Crippen LogP contribution in [0, 0.1) is 5.92 Å². The van der Waals surface area contributed by atoms with E-state index in [1.54, 1.807) is 19.2 Å². The van der Waals surface area contributed by atoms with Gasteiger partial charge in [-0.05, 0) is 37.7 Å². The van der Waals surface area contributed by atoms with Crippen molar-refractivity contribution < 1.29 is 14.6 Å². The van der Waals surface area contributed by atoms with E-state index in [1.807, 2.05) is 0 Å². The molecule has 1 saturated carbocycles. The van der Waals surface area contributed by atoms with Crippen LogP contribution in [0.4, 0.5) is 0 Å². The van der Waals surface area contributed by atoms with E-state index < -0.39 is 0 Å². The van der Waals surface area contributed by atoms with Gasteiger partial charge >= 0.3 is 0 Å². The summed E-state index contributed by atoms with van der Waals surface area (Å²) < 4.78 is 11.4. The van der Waals surface area contributed by atoms with Crippen molar-refractivity contribution in [2.24, 2.45) is 5.92 Å². The predicted molar refractivity (Wildman–Crippen MR) is 80.6 cm³/mol. The van der Waals surface area contributed by atoms with E-state index in [2.05, 4.69) is 6.92 Å². The van der Waals surface area contributed by atoms with Crippen molar-refractivity contribution in [3.8, 4) is 11.5 Å². The monoisotopic (exact) mass is 298 g/mol. The third-order valence-corrected chi connectivity index (χ3v) is 4.36. The van der Waals surface area contributed by atoms with Crippen LogP contribution in [-0.2, 0) is 6.61 Å². The normalized spacial score (nSPS) is 22.6. The first-order valence-corrected chi connectivity index (χ1v) is 7.69. The topological polar surface area (TPSA) is 38.7 Å². The average molecular weight is 299 g/mol. The van der Waals surface area contributed by atoms with Gasteiger partial charge < -0.3 is 14.6 Å². The Bertz CT molecular complexity index is 414. The Kier molecular flexibility index (Phi) is 5.55. The minimum absolute atomic E-state index is 0.101. The van der Waals surface area contributed by atoms with Crippen LogP contribution in [0.2, 0.25) is 5.02 Å². The highest BCUT2D eigenvalue weighted by Crippen LogP contribution is 2.38. The number of aliphatic hydroxyl groups excluding tert-OH is 1. The molecule has 0 radical (unpaired) electrons. The Labute approximate surface area is 125 Å². The second kappa shape index (κ2) is 7.19. The van der Waals surface area contributed by atoms with Crippen molar-refractivity contribution in [3.05, 3.63) is 22.7 Å². The molecular weight excluding hydrogens is 276 g/mol. The van der Waals surface area contributed by atoms with Crippen LogP contribution in [0.5, 0.6) is 11.5 Å². The van der Waals surface area contributed by atoms with Gasteiger partial charge in [0.2, 0.25) is 0 Å². The Hall–Kier alpha value is -0.930. The molecule has 1 aliphatic carbocycles. The summed E-state index contributed by atoms with van der Waals surface area (Å²) in [4.78, 5) is 0. The number of rotatable bonds is 5. The first-order valence-electron chi connectivity index (χ1n) is 7.31. The van der Waals surface area contributed by atoms with Crippen molar-refractivity contribution in [1.82, 2.24) is 0 Å². The molecule has 0 bridgehead atoms. The van der Waals surface area contributed by atoms with Gasteiger partial charge in [0.15, 0.2) is 11.5 Å². The Balaban J connectivity index is 2.12. The first kappa shape index (κ1) is 15.5.